The van der Waals surface area contributed by atoms with Crippen LogP contribution in [0.2, 0.25) is 0 Å². The Morgan fingerprint density at radius 2 is 1.78 bits per heavy atom. The molecule has 0 aliphatic carbocycles. The van der Waals surface area contributed by atoms with E-state index in [4.69, 9.17) is 10.2 Å². The number of rotatable bonds is 6. The monoisotopic (exact) mass is 270 g/mol. The van der Waals surface area contributed by atoms with Crippen LogP contribution in [-0.2, 0) is 21.3 Å². The van der Waals surface area contributed by atoms with Crippen molar-refractivity contribution in [2.75, 3.05) is 0 Å². The number of carboxylic acids is 2. The quantitative estimate of drug-likeness (QED) is 0.817. The van der Waals surface area contributed by atoms with Crippen molar-refractivity contribution in [3.63, 3.8) is 0 Å². The standard InChI is InChI=1S/C12H14O5S/c1-2-10(12(15)16)18(17)7-8-3-5-9(6-4-8)11(13)14/h3-6,10H,2,7H2,1H3,(H,13,14)(H,15,16). The molecule has 0 radical (unpaired) electrons. The average molecular weight is 270 g/mol. The number of carbonyl (C=O) groups is 2. The van der Waals surface area contributed by atoms with Gasteiger partial charge in [-0.15, -0.1) is 0 Å². The zero-order valence-electron chi connectivity index (χ0n) is 9.83. The summed E-state index contributed by atoms with van der Waals surface area (Å²) in [7, 11) is -1.50. The minimum Gasteiger partial charge on any atom is -0.480 e. The van der Waals surface area contributed by atoms with Crippen LogP contribution in [0.5, 0.6) is 0 Å². The Morgan fingerprint density at radius 3 is 2.17 bits per heavy atom. The number of carboxylic acid groups (broad SMARTS) is 2. The van der Waals surface area contributed by atoms with E-state index in [0.717, 1.165) is 0 Å². The van der Waals surface area contributed by atoms with Crippen LogP contribution in [-0.4, -0.2) is 31.6 Å². The maximum absolute atomic E-state index is 11.8. The van der Waals surface area contributed by atoms with Gasteiger partial charge in [0.25, 0.3) is 0 Å². The van der Waals surface area contributed by atoms with Crippen molar-refractivity contribution < 1.29 is 24.0 Å². The van der Waals surface area contributed by atoms with E-state index < -0.39 is 28.0 Å². The largest absolute Gasteiger partial charge is 0.480 e. The summed E-state index contributed by atoms with van der Waals surface area (Å²) >= 11 is 0. The first kappa shape index (κ1) is 14.4. The summed E-state index contributed by atoms with van der Waals surface area (Å²) in [5.74, 6) is -1.98. The number of aliphatic carboxylic acids is 1. The number of hydrogen-bond acceptors (Lipinski definition) is 3. The van der Waals surface area contributed by atoms with Crippen molar-refractivity contribution in [3.8, 4) is 0 Å². The van der Waals surface area contributed by atoms with E-state index in [2.05, 4.69) is 0 Å². The van der Waals surface area contributed by atoms with E-state index >= 15 is 0 Å². The molecule has 0 heterocycles. The van der Waals surface area contributed by atoms with Gasteiger partial charge in [-0.2, -0.15) is 0 Å². The second-order valence-electron chi connectivity index (χ2n) is 3.76. The van der Waals surface area contributed by atoms with E-state index in [0.29, 0.717) is 12.0 Å². The Balaban J connectivity index is 2.76. The molecule has 0 aliphatic rings. The second-order valence-corrected chi connectivity index (χ2v) is 5.38. The molecule has 0 amide bonds. The summed E-state index contributed by atoms with van der Waals surface area (Å²) < 4.78 is 11.8. The van der Waals surface area contributed by atoms with Crippen LogP contribution in [0.3, 0.4) is 0 Å². The SMILES string of the molecule is CCC(C(=O)O)S(=O)Cc1ccc(C(=O)O)cc1. The van der Waals surface area contributed by atoms with Gasteiger partial charge in [-0.25, -0.2) is 4.79 Å². The molecule has 0 aliphatic heterocycles. The number of aromatic carboxylic acids is 1. The lowest BCUT2D eigenvalue weighted by Crippen LogP contribution is -2.25. The van der Waals surface area contributed by atoms with Crippen LogP contribution in [0.15, 0.2) is 24.3 Å². The van der Waals surface area contributed by atoms with E-state index in [9.17, 15) is 13.8 Å². The van der Waals surface area contributed by atoms with Crippen LogP contribution in [0.25, 0.3) is 0 Å². The molecule has 2 N–H and O–H groups in total. The van der Waals surface area contributed by atoms with E-state index in [1.165, 1.54) is 12.1 Å². The van der Waals surface area contributed by atoms with Crippen LogP contribution in [0.1, 0.15) is 29.3 Å². The smallest absolute Gasteiger partial charge is 0.335 e. The van der Waals surface area contributed by atoms with E-state index in [-0.39, 0.29) is 11.3 Å². The predicted octanol–water partition coefficient (Wildman–Crippen LogP) is 1.50. The van der Waals surface area contributed by atoms with Gasteiger partial charge < -0.3 is 10.2 Å². The highest BCUT2D eigenvalue weighted by atomic mass is 32.2. The minimum atomic E-state index is -1.50. The molecule has 2 atom stereocenters. The molecule has 0 fully saturated rings. The normalized spacial score (nSPS) is 13.8. The van der Waals surface area contributed by atoms with Gasteiger partial charge in [-0.05, 0) is 24.1 Å². The number of hydrogen-bond donors (Lipinski definition) is 2. The Labute approximate surface area is 107 Å². The maximum atomic E-state index is 11.8. The first-order valence-electron chi connectivity index (χ1n) is 5.38. The molecule has 0 bridgehead atoms. The summed E-state index contributed by atoms with van der Waals surface area (Å²) in [6, 6.07) is 5.93. The van der Waals surface area contributed by atoms with E-state index in [1.807, 2.05) is 0 Å². The van der Waals surface area contributed by atoms with Gasteiger partial charge in [-0.1, -0.05) is 19.1 Å². The van der Waals surface area contributed by atoms with Crippen LogP contribution < -0.4 is 0 Å². The molecule has 0 saturated heterocycles. The maximum Gasteiger partial charge on any atom is 0.335 e. The van der Waals surface area contributed by atoms with Gasteiger partial charge in [0.2, 0.25) is 0 Å². The highest BCUT2D eigenvalue weighted by Crippen LogP contribution is 2.11. The molecule has 6 heteroatoms. The fourth-order valence-corrected chi connectivity index (χ4v) is 2.80. The van der Waals surface area contributed by atoms with Gasteiger partial charge in [0.05, 0.1) is 5.56 Å². The van der Waals surface area contributed by atoms with Gasteiger partial charge in [0.1, 0.15) is 5.25 Å². The van der Waals surface area contributed by atoms with Crippen molar-refractivity contribution >= 4 is 22.7 Å². The molecule has 5 nitrogen and oxygen atoms in total. The zero-order valence-corrected chi connectivity index (χ0v) is 10.6. The Morgan fingerprint density at radius 1 is 1.22 bits per heavy atom. The van der Waals surface area contributed by atoms with Crippen molar-refractivity contribution in [1.29, 1.82) is 0 Å². The summed E-state index contributed by atoms with van der Waals surface area (Å²) in [5, 5.41) is 16.7. The lowest BCUT2D eigenvalue weighted by atomic mass is 10.1. The van der Waals surface area contributed by atoms with Crippen molar-refractivity contribution in [2.24, 2.45) is 0 Å². The van der Waals surface area contributed by atoms with Crippen LogP contribution in [0, 0.1) is 0 Å². The lowest BCUT2D eigenvalue weighted by molar-refractivity contribution is -0.136. The molecule has 1 aromatic carbocycles. The molecular weight excluding hydrogens is 256 g/mol. The third kappa shape index (κ3) is 3.66. The topological polar surface area (TPSA) is 91.7 Å². The molecule has 1 rings (SSSR count). The van der Waals surface area contributed by atoms with E-state index in [1.54, 1.807) is 19.1 Å². The molecule has 1 aromatic rings. The lowest BCUT2D eigenvalue weighted by Gasteiger charge is -2.09. The van der Waals surface area contributed by atoms with Gasteiger partial charge in [-0.3, -0.25) is 9.00 Å². The fourth-order valence-electron chi connectivity index (χ4n) is 1.48. The van der Waals surface area contributed by atoms with Crippen LogP contribution >= 0.6 is 0 Å². The Hall–Kier alpha value is -1.69. The van der Waals surface area contributed by atoms with Crippen molar-refractivity contribution in [1.82, 2.24) is 0 Å². The summed E-state index contributed by atoms with van der Waals surface area (Å²) in [6.07, 6.45) is 0.301. The molecule has 0 spiro atoms. The molecule has 0 aromatic heterocycles. The average Bonchev–Trinajstić information content (AvgIpc) is 2.29. The molecule has 18 heavy (non-hydrogen) atoms. The minimum absolute atomic E-state index is 0.116. The van der Waals surface area contributed by atoms with Gasteiger partial charge >= 0.3 is 11.9 Å². The van der Waals surface area contributed by atoms with Gasteiger partial charge in [0, 0.05) is 16.6 Å². The molecule has 2 unspecified atom stereocenters. The zero-order chi connectivity index (χ0) is 13.7. The summed E-state index contributed by atoms with van der Waals surface area (Å²) in [6.45, 7) is 1.67. The summed E-state index contributed by atoms with van der Waals surface area (Å²) in [4.78, 5) is 21.5. The molecule has 98 valence electrons. The highest BCUT2D eigenvalue weighted by molar-refractivity contribution is 7.85. The van der Waals surface area contributed by atoms with Crippen molar-refractivity contribution in [2.45, 2.75) is 24.3 Å². The molecule has 0 saturated carbocycles. The first-order valence-corrected chi connectivity index (χ1v) is 6.76. The summed E-state index contributed by atoms with van der Waals surface area (Å²) in [5.41, 5.74) is 0.813. The Bertz CT molecular complexity index is 466. The Kier molecular flexibility index (Phi) is 5.03. The predicted molar refractivity (Wildman–Crippen MR) is 67.0 cm³/mol. The fraction of sp³-hybridized carbons (Fsp3) is 0.333. The molecular formula is C12H14O5S. The first-order chi connectivity index (χ1) is 8.45. The third-order valence-corrected chi connectivity index (χ3v) is 4.26. The highest BCUT2D eigenvalue weighted by Gasteiger charge is 2.22. The third-order valence-electron chi connectivity index (χ3n) is 2.47. The van der Waals surface area contributed by atoms with Crippen LogP contribution in [0.4, 0.5) is 0 Å². The van der Waals surface area contributed by atoms with Gasteiger partial charge in [0.15, 0.2) is 0 Å². The van der Waals surface area contributed by atoms with Crippen molar-refractivity contribution in [3.05, 3.63) is 35.4 Å². The second kappa shape index (κ2) is 6.30. The number of benzene rings is 1.